The average Bonchev–Trinajstić information content (AvgIpc) is 3.17. The third-order valence-corrected chi connectivity index (χ3v) is 7.51. The molecule has 0 saturated heterocycles. The fourth-order valence-corrected chi connectivity index (χ4v) is 5.39. The molecular formula is C26H21ClN6O4S. The zero-order valence-electron chi connectivity index (χ0n) is 19.7. The Morgan fingerprint density at radius 1 is 1.05 bits per heavy atom. The van der Waals surface area contributed by atoms with Gasteiger partial charge in [-0.3, -0.25) is 9.59 Å². The zero-order chi connectivity index (χ0) is 27.0. The van der Waals surface area contributed by atoms with Crippen molar-refractivity contribution in [1.29, 1.82) is 0 Å². The average molecular weight is 549 g/mol. The number of carbonyl (C=O) groups is 1. The van der Waals surface area contributed by atoms with Gasteiger partial charge in [-0.25, -0.2) is 18.1 Å². The van der Waals surface area contributed by atoms with E-state index in [1.165, 1.54) is 36.7 Å². The molecule has 1 amide bonds. The van der Waals surface area contributed by atoms with Gasteiger partial charge in [-0.2, -0.15) is 0 Å². The highest BCUT2D eigenvalue weighted by molar-refractivity contribution is 7.90. The van der Waals surface area contributed by atoms with Crippen molar-refractivity contribution in [3.8, 4) is 11.1 Å². The smallest absolute Gasteiger partial charge is 0.282 e. The summed E-state index contributed by atoms with van der Waals surface area (Å²) >= 11 is 6.31. The van der Waals surface area contributed by atoms with Crippen molar-refractivity contribution in [1.82, 2.24) is 19.3 Å². The van der Waals surface area contributed by atoms with E-state index >= 15 is 0 Å². The first-order chi connectivity index (χ1) is 18.1. The Morgan fingerprint density at radius 3 is 2.53 bits per heavy atom. The van der Waals surface area contributed by atoms with Crippen LogP contribution in [0.3, 0.4) is 0 Å². The van der Waals surface area contributed by atoms with Crippen molar-refractivity contribution in [2.45, 2.75) is 11.4 Å². The van der Waals surface area contributed by atoms with Crippen molar-refractivity contribution in [3.05, 3.63) is 106 Å². The van der Waals surface area contributed by atoms with Gasteiger partial charge in [-0.15, -0.1) is 0 Å². The minimum atomic E-state index is -4.29. The SMILES string of the molecule is Nc1ccc(S(=O)(=O)NC(=O)c2c(-c3ccc[nH]c3=O)c3cc(Cl)ccc3n2Cc2ccnc(N)c2)cc1. The first kappa shape index (κ1) is 25.1. The van der Waals surface area contributed by atoms with Crippen LogP contribution in [0.5, 0.6) is 0 Å². The summed E-state index contributed by atoms with van der Waals surface area (Å²) in [5.74, 6) is -0.659. The number of pyridine rings is 2. The van der Waals surface area contributed by atoms with Gasteiger partial charge in [0.25, 0.3) is 21.5 Å². The number of sulfonamides is 1. The van der Waals surface area contributed by atoms with Gasteiger partial charge in [0.2, 0.25) is 0 Å². The second-order valence-corrected chi connectivity index (χ2v) is 10.6. The van der Waals surface area contributed by atoms with Crippen molar-refractivity contribution >= 4 is 49.9 Å². The second-order valence-electron chi connectivity index (χ2n) is 8.48. The Hall–Kier alpha value is -4.61. The van der Waals surface area contributed by atoms with Crippen molar-refractivity contribution < 1.29 is 13.2 Å². The molecule has 5 aromatic rings. The predicted molar refractivity (Wildman–Crippen MR) is 146 cm³/mol. The van der Waals surface area contributed by atoms with Gasteiger partial charge in [0.15, 0.2) is 0 Å². The number of nitrogens with two attached hydrogens (primary N) is 2. The number of amides is 1. The normalized spacial score (nSPS) is 11.5. The Labute approximate surface area is 221 Å². The number of anilines is 2. The summed E-state index contributed by atoms with van der Waals surface area (Å²) in [4.78, 5) is 33.2. The maximum atomic E-state index is 13.8. The number of aromatic amines is 1. The van der Waals surface area contributed by atoms with E-state index in [2.05, 4.69) is 14.7 Å². The van der Waals surface area contributed by atoms with E-state index in [1.54, 1.807) is 47.0 Å². The topological polar surface area (TPSA) is 166 Å². The molecule has 0 atom stereocenters. The minimum absolute atomic E-state index is 0.0478. The third-order valence-electron chi connectivity index (χ3n) is 5.93. The van der Waals surface area contributed by atoms with Crippen LogP contribution in [-0.4, -0.2) is 28.9 Å². The van der Waals surface area contributed by atoms with Crippen LogP contribution in [-0.2, 0) is 16.6 Å². The number of nitrogens with zero attached hydrogens (tertiary/aromatic N) is 2. The molecule has 0 saturated carbocycles. The maximum absolute atomic E-state index is 13.8. The number of carbonyl (C=O) groups excluding carboxylic acids is 1. The lowest BCUT2D eigenvalue weighted by atomic mass is 10.0. The largest absolute Gasteiger partial charge is 0.399 e. The molecule has 0 spiro atoms. The number of rotatable bonds is 6. The van der Waals surface area contributed by atoms with Crippen LogP contribution in [0, 0.1) is 0 Å². The lowest BCUT2D eigenvalue weighted by Gasteiger charge is -2.14. The molecule has 0 aliphatic heterocycles. The van der Waals surface area contributed by atoms with E-state index in [4.69, 9.17) is 23.1 Å². The molecule has 0 radical (unpaired) electrons. The number of hydrogen-bond acceptors (Lipinski definition) is 7. The molecule has 0 bridgehead atoms. The monoisotopic (exact) mass is 548 g/mol. The van der Waals surface area contributed by atoms with Crippen LogP contribution in [0.15, 0.2) is 88.8 Å². The summed E-state index contributed by atoms with van der Waals surface area (Å²) in [5, 5.41) is 0.865. The molecule has 0 unspecified atom stereocenters. The summed E-state index contributed by atoms with van der Waals surface area (Å²) in [6, 6.07) is 16.9. The van der Waals surface area contributed by atoms with Gasteiger partial charge in [0.1, 0.15) is 11.5 Å². The van der Waals surface area contributed by atoms with Gasteiger partial charge in [0, 0.05) is 51.7 Å². The van der Waals surface area contributed by atoms with E-state index in [-0.39, 0.29) is 34.1 Å². The first-order valence-corrected chi connectivity index (χ1v) is 13.1. The molecule has 0 aliphatic rings. The molecule has 12 heteroatoms. The van der Waals surface area contributed by atoms with Gasteiger partial charge in [0.05, 0.1) is 4.90 Å². The van der Waals surface area contributed by atoms with Crippen LogP contribution in [0.25, 0.3) is 22.0 Å². The van der Waals surface area contributed by atoms with Crippen LogP contribution < -0.4 is 21.7 Å². The van der Waals surface area contributed by atoms with Gasteiger partial charge < -0.3 is 21.0 Å². The Bertz CT molecular complexity index is 1860. The number of halogens is 1. The number of H-pyrrole nitrogens is 1. The summed E-state index contributed by atoms with van der Waals surface area (Å²) < 4.78 is 30.0. The molecule has 192 valence electrons. The van der Waals surface area contributed by atoms with Crippen molar-refractivity contribution in [3.63, 3.8) is 0 Å². The highest BCUT2D eigenvalue weighted by atomic mass is 35.5. The number of hydrogen-bond donors (Lipinski definition) is 4. The van der Waals surface area contributed by atoms with Gasteiger partial charge in [-0.1, -0.05) is 11.6 Å². The van der Waals surface area contributed by atoms with Crippen LogP contribution >= 0.6 is 11.6 Å². The lowest BCUT2D eigenvalue weighted by molar-refractivity contribution is 0.0974. The highest BCUT2D eigenvalue weighted by Crippen LogP contribution is 2.36. The maximum Gasteiger partial charge on any atom is 0.282 e. The molecule has 2 aromatic carbocycles. The summed E-state index contributed by atoms with van der Waals surface area (Å²) in [7, 11) is -4.29. The molecule has 6 N–H and O–H groups in total. The van der Waals surface area contributed by atoms with E-state index in [0.717, 1.165) is 0 Å². The number of benzene rings is 2. The zero-order valence-corrected chi connectivity index (χ0v) is 21.3. The first-order valence-electron chi connectivity index (χ1n) is 11.3. The summed E-state index contributed by atoms with van der Waals surface area (Å²) in [6.45, 7) is 0.125. The van der Waals surface area contributed by atoms with Crippen molar-refractivity contribution in [2.24, 2.45) is 0 Å². The van der Waals surface area contributed by atoms with Crippen LogP contribution in [0.2, 0.25) is 5.02 Å². The van der Waals surface area contributed by atoms with Crippen molar-refractivity contribution in [2.75, 3.05) is 11.5 Å². The molecule has 0 fully saturated rings. The van der Waals surface area contributed by atoms with E-state index < -0.39 is 21.5 Å². The number of aromatic nitrogens is 3. The highest BCUT2D eigenvalue weighted by Gasteiger charge is 2.29. The number of fused-ring (bicyclic) bond motifs is 1. The summed E-state index contributed by atoms with van der Waals surface area (Å²) in [5.41, 5.74) is 13.1. The molecule has 38 heavy (non-hydrogen) atoms. The van der Waals surface area contributed by atoms with E-state index in [9.17, 15) is 18.0 Å². The van der Waals surface area contributed by atoms with Gasteiger partial charge in [-0.05, 0) is 72.3 Å². The fraction of sp³-hybridized carbons (Fsp3) is 0.0385. The predicted octanol–water partition coefficient (Wildman–Crippen LogP) is 3.38. The van der Waals surface area contributed by atoms with Gasteiger partial charge >= 0.3 is 0 Å². The van der Waals surface area contributed by atoms with Crippen LogP contribution in [0.4, 0.5) is 11.5 Å². The molecule has 5 rings (SSSR count). The molecular weight excluding hydrogens is 528 g/mol. The number of nitrogen functional groups attached to an aromatic ring is 2. The Morgan fingerprint density at radius 2 is 1.82 bits per heavy atom. The Balaban J connectivity index is 1.76. The van der Waals surface area contributed by atoms with Crippen LogP contribution in [0.1, 0.15) is 16.1 Å². The molecule has 3 heterocycles. The number of nitrogens with one attached hydrogen (secondary N) is 2. The Kier molecular flexibility index (Phi) is 6.39. The molecule has 10 nitrogen and oxygen atoms in total. The summed E-state index contributed by atoms with van der Waals surface area (Å²) in [6.07, 6.45) is 2.99. The molecule has 0 aliphatic carbocycles. The second kappa shape index (κ2) is 9.69. The standard InChI is InChI=1S/C26H21ClN6O4S/c27-16-3-8-21-20(13-16)23(19-2-1-10-31-25(19)34)24(33(21)14-15-9-11-30-22(29)12-15)26(35)32-38(36,37)18-6-4-17(28)5-7-18/h1-13H,14,28H2,(H2,29,30)(H,31,34)(H,32,35). The minimum Gasteiger partial charge on any atom is -0.399 e. The van der Waals surface area contributed by atoms with E-state index in [0.29, 0.717) is 27.2 Å². The third kappa shape index (κ3) is 4.72. The van der Waals surface area contributed by atoms with E-state index in [1.807, 2.05) is 0 Å². The molecule has 3 aromatic heterocycles. The lowest BCUT2D eigenvalue weighted by Crippen LogP contribution is -2.33. The quantitative estimate of drug-likeness (QED) is 0.236. The fourth-order valence-electron chi connectivity index (χ4n) is 4.27.